The van der Waals surface area contributed by atoms with Crippen LogP contribution in [0.5, 0.6) is 5.75 Å². The van der Waals surface area contributed by atoms with Gasteiger partial charge in [-0.15, -0.1) is 12.4 Å². The Morgan fingerprint density at radius 3 is 2.78 bits per heavy atom. The molecule has 32 heavy (non-hydrogen) atoms. The van der Waals surface area contributed by atoms with E-state index in [2.05, 4.69) is 10.00 Å². The number of ether oxygens (including phenoxy) is 2. The molecule has 0 saturated carbocycles. The molecule has 1 amide bonds. The number of anilines is 1. The predicted octanol–water partition coefficient (Wildman–Crippen LogP) is 3.70. The number of morpholine rings is 1. The number of carbonyl (C=O) groups excluding carboxylic acids is 1. The maximum atomic E-state index is 13.4. The number of rotatable bonds is 9. The summed E-state index contributed by atoms with van der Waals surface area (Å²) in [6.07, 6.45) is 2.70. The van der Waals surface area contributed by atoms with Crippen LogP contribution in [0.15, 0.2) is 30.5 Å². The largest absolute Gasteiger partial charge is 0.494 e. The number of nitrogens with zero attached hydrogens (tertiary/aromatic N) is 5. The lowest BCUT2D eigenvalue weighted by molar-refractivity contribution is 0.0376. The Labute approximate surface area is 198 Å². The van der Waals surface area contributed by atoms with Crippen molar-refractivity contribution in [2.45, 2.75) is 26.8 Å². The molecule has 0 radical (unpaired) electrons. The van der Waals surface area contributed by atoms with Crippen LogP contribution in [0.25, 0.3) is 10.2 Å². The van der Waals surface area contributed by atoms with Gasteiger partial charge in [0.05, 0.1) is 30.0 Å². The minimum atomic E-state index is -0.113. The molecule has 10 heteroatoms. The van der Waals surface area contributed by atoms with Gasteiger partial charge in [0.25, 0.3) is 5.91 Å². The highest BCUT2D eigenvalue weighted by Crippen LogP contribution is 2.32. The second kappa shape index (κ2) is 11.6. The lowest BCUT2D eigenvalue weighted by Gasteiger charge is -2.27. The Hall–Kier alpha value is -2.20. The van der Waals surface area contributed by atoms with Crippen LogP contribution in [-0.2, 0) is 11.3 Å². The number of benzene rings is 1. The second-order valence-corrected chi connectivity index (χ2v) is 8.39. The number of fused-ring (bicyclic) bond motifs is 1. The average Bonchev–Trinajstić information content (AvgIpc) is 3.44. The van der Waals surface area contributed by atoms with E-state index in [9.17, 15) is 4.79 Å². The van der Waals surface area contributed by atoms with E-state index in [4.69, 9.17) is 14.5 Å². The van der Waals surface area contributed by atoms with Crippen LogP contribution in [-0.4, -0.2) is 71.6 Å². The van der Waals surface area contributed by atoms with Crippen molar-refractivity contribution in [2.24, 2.45) is 0 Å². The topological polar surface area (TPSA) is 72.7 Å². The van der Waals surface area contributed by atoms with Gasteiger partial charge in [0, 0.05) is 38.9 Å². The van der Waals surface area contributed by atoms with Gasteiger partial charge in [0.15, 0.2) is 10.8 Å². The zero-order valence-corrected chi connectivity index (χ0v) is 20.2. The molecule has 0 N–H and O–H groups in total. The summed E-state index contributed by atoms with van der Waals surface area (Å²) < 4.78 is 13.8. The van der Waals surface area contributed by atoms with Crippen molar-refractivity contribution in [1.29, 1.82) is 0 Å². The van der Waals surface area contributed by atoms with E-state index in [0.717, 1.165) is 61.8 Å². The van der Waals surface area contributed by atoms with Gasteiger partial charge in [-0.3, -0.25) is 19.3 Å². The Balaban J connectivity index is 0.00000289. The lowest BCUT2D eigenvalue weighted by atomic mass is 10.3. The number of aromatic nitrogens is 3. The molecule has 3 heterocycles. The van der Waals surface area contributed by atoms with E-state index in [-0.39, 0.29) is 18.3 Å². The highest BCUT2D eigenvalue weighted by Gasteiger charge is 2.23. The molecule has 8 nitrogen and oxygen atoms in total. The molecule has 174 valence electrons. The van der Waals surface area contributed by atoms with Crippen LogP contribution in [0.3, 0.4) is 0 Å². The van der Waals surface area contributed by atoms with E-state index in [0.29, 0.717) is 24.0 Å². The monoisotopic (exact) mass is 479 g/mol. The van der Waals surface area contributed by atoms with Gasteiger partial charge in [-0.2, -0.15) is 5.10 Å². The third-order valence-corrected chi connectivity index (χ3v) is 6.32. The Morgan fingerprint density at radius 1 is 1.25 bits per heavy atom. The SMILES string of the molecule is CCOc1ccc2nc(N(CCCN3CCOCC3)C(=O)c3ccn(CC)n3)sc2c1.Cl. The maximum Gasteiger partial charge on any atom is 0.280 e. The Morgan fingerprint density at radius 2 is 2.06 bits per heavy atom. The molecule has 1 fully saturated rings. The molecule has 1 aliphatic rings. The molecule has 3 aromatic rings. The molecular formula is C22H30ClN5O3S. The van der Waals surface area contributed by atoms with Gasteiger partial charge in [0.1, 0.15) is 5.75 Å². The lowest BCUT2D eigenvalue weighted by Crippen LogP contribution is -2.39. The highest BCUT2D eigenvalue weighted by molar-refractivity contribution is 7.22. The van der Waals surface area contributed by atoms with Crippen LogP contribution in [0, 0.1) is 0 Å². The molecule has 0 atom stereocenters. The van der Waals surface area contributed by atoms with Crippen molar-refractivity contribution >= 4 is 45.0 Å². The zero-order chi connectivity index (χ0) is 21.6. The molecule has 1 aromatic carbocycles. The van der Waals surface area contributed by atoms with Gasteiger partial charge >= 0.3 is 0 Å². The average molecular weight is 480 g/mol. The molecule has 0 unspecified atom stereocenters. The number of carbonyl (C=O) groups is 1. The maximum absolute atomic E-state index is 13.4. The van der Waals surface area contributed by atoms with Crippen molar-refractivity contribution in [3.05, 3.63) is 36.2 Å². The molecule has 1 saturated heterocycles. The number of hydrogen-bond acceptors (Lipinski definition) is 7. The van der Waals surface area contributed by atoms with E-state index >= 15 is 0 Å². The third kappa shape index (κ3) is 5.78. The van der Waals surface area contributed by atoms with Crippen LogP contribution < -0.4 is 9.64 Å². The number of amides is 1. The summed E-state index contributed by atoms with van der Waals surface area (Å²) in [7, 11) is 0. The first-order valence-corrected chi connectivity index (χ1v) is 11.7. The fraction of sp³-hybridized carbons (Fsp3) is 0.500. The summed E-state index contributed by atoms with van der Waals surface area (Å²) in [5.41, 5.74) is 1.32. The molecular weight excluding hydrogens is 450 g/mol. The Kier molecular flexibility index (Phi) is 8.86. The molecule has 1 aliphatic heterocycles. The summed E-state index contributed by atoms with van der Waals surface area (Å²) in [6, 6.07) is 7.63. The minimum absolute atomic E-state index is 0. The summed E-state index contributed by atoms with van der Waals surface area (Å²) >= 11 is 1.51. The normalized spacial score (nSPS) is 14.3. The van der Waals surface area contributed by atoms with Gasteiger partial charge < -0.3 is 9.47 Å². The van der Waals surface area contributed by atoms with Crippen LogP contribution in [0.2, 0.25) is 0 Å². The van der Waals surface area contributed by atoms with Crippen molar-refractivity contribution in [2.75, 3.05) is 50.9 Å². The predicted molar refractivity (Wildman–Crippen MR) is 129 cm³/mol. The van der Waals surface area contributed by atoms with Gasteiger partial charge in [0.2, 0.25) is 0 Å². The van der Waals surface area contributed by atoms with Crippen LogP contribution in [0.1, 0.15) is 30.8 Å². The van der Waals surface area contributed by atoms with Crippen molar-refractivity contribution < 1.29 is 14.3 Å². The van der Waals surface area contributed by atoms with Gasteiger partial charge in [-0.05, 0) is 44.5 Å². The Bertz CT molecular complexity index is 1020. The fourth-order valence-electron chi connectivity index (χ4n) is 3.62. The summed E-state index contributed by atoms with van der Waals surface area (Å²) in [6.45, 7) is 10.3. The molecule has 2 aromatic heterocycles. The smallest absolute Gasteiger partial charge is 0.280 e. The zero-order valence-electron chi connectivity index (χ0n) is 18.5. The number of hydrogen-bond donors (Lipinski definition) is 0. The van der Waals surface area contributed by atoms with E-state index < -0.39 is 0 Å². The summed E-state index contributed by atoms with van der Waals surface area (Å²) in [5, 5.41) is 5.12. The highest BCUT2D eigenvalue weighted by atomic mass is 35.5. The van der Waals surface area contributed by atoms with Crippen molar-refractivity contribution in [3.8, 4) is 5.75 Å². The number of halogens is 1. The minimum Gasteiger partial charge on any atom is -0.494 e. The van der Waals surface area contributed by atoms with Crippen LogP contribution >= 0.6 is 23.7 Å². The molecule has 0 aliphatic carbocycles. The van der Waals surface area contributed by atoms with Crippen molar-refractivity contribution in [1.82, 2.24) is 19.7 Å². The van der Waals surface area contributed by atoms with E-state index in [1.54, 1.807) is 15.6 Å². The fourth-order valence-corrected chi connectivity index (χ4v) is 4.63. The van der Waals surface area contributed by atoms with Crippen LogP contribution in [0.4, 0.5) is 5.13 Å². The number of aryl methyl sites for hydroxylation is 1. The molecule has 4 rings (SSSR count). The summed E-state index contributed by atoms with van der Waals surface area (Å²) in [4.78, 5) is 22.3. The van der Waals surface area contributed by atoms with Gasteiger partial charge in [-0.1, -0.05) is 11.3 Å². The number of thiazole rings is 1. The second-order valence-electron chi connectivity index (χ2n) is 7.38. The van der Waals surface area contributed by atoms with E-state index in [1.807, 2.05) is 38.2 Å². The standard InChI is InChI=1S/C22H29N5O3S.ClH/c1-3-26-11-8-19(24-26)21(28)27(10-5-9-25-12-14-29-15-13-25)22-23-18-7-6-17(30-4-2)16-20(18)31-22;/h6-8,11,16H,3-5,9-10,12-15H2,1-2H3;1H. The van der Waals surface area contributed by atoms with Gasteiger partial charge in [-0.25, -0.2) is 4.98 Å². The van der Waals surface area contributed by atoms with E-state index in [1.165, 1.54) is 11.3 Å². The third-order valence-electron chi connectivity index (χ3n) is 5.28. The summed E-state index contributed by atoms with van der Waals surface area (Å²) in [5.74, 6) is 0.704. The quantitative estimate of drug-likeness (QED) is 0.466. The first-order valence-electron chi connectivity index (χ1n) is 10.9. The molecule has 0 bridgehead atoms. The van der Waals surface area contributed by atoms with Crippen molar-refractivity contribution in [3.63, 3.8) is 0 Å². The first kappa shape index (κ1) is 24.4. The first-order chi connectivity index (χ1) is 15.2. The molecule has 0 spiro atoms.